The number of nitrogen functional groups attached to an aromatic ring is 1. The second-order valence-corrected chi connectivity index (χ2v) is 7.30. The van der Waals surface area contributed by atoms with E-state index in [2.05, 4.69) is 18.8 Å². The van der Waals surface area contributed by atoms with Crippen LogP contribution in [0.5, 0.6) is 0 Å². The van der Waals surface area contributed by atoms with E-state index in [9.17, 15) is 18.4 Å². The highest BCUT2D eigenvalue weighted by atomic mass is 19.4. The predicted molar refractivity (Wildman–Crippen MR) is 108 cm³/mol. The molecule has 1 aromatic heterocycles. The van der Waals surface area contributed by atoms with Crippen LogP contribution in [0, 0.1) is 17.2 Å². The first-order valence-electron chi connectivity index (χ1n) is 9.16. The second kappa shape index (κ2) is 7.96. The zero-order valence-electron chi connectivity index (χ0n) is 16.1. The largest absolute Gasteiger partial charge is 0.416 e. The summed E-state index contributed by atoms with van der Waals surface area (Å²) in [5, 5.41) is 9.48. The van der Waals surface area contributed by atoms with Crippen LogP contribution in [0.1, 0.15) is 30.5 Å². The van der Waals surface area contributed by atoms with E-state index in [0.29, 0.717) is 22.7 Å². The molecule has 3 aromatic rings. The van der Waals surface area contributed by atoms with Crippen LogP contribution >= 0.6 is 0 Å². The lowest BCUT2D eigenvalue weighted by molar-refractivity contribution is -0.137. The molecular weight excluding hydrogens is 375 g/mol. The summed E-state index contributed by atoms with van der Waals surface area (Å²) in [6.45, 7) is 4.29. The molecule has 2 N–H and O–H groups in total. The summed E-state index contributed by atoms with van der Waals surface area (Å²) in [7, 11) is 0. The second-order valence-electron chi connectivity index (χ2n) is 7.30. The van der Waals surface area contributed by atoms with Crippen LogP contribution in [0.3, 0.4) is 0 Å². The quantitative estimate of drug-likeness (QED) is 0.582. The third kappa shape index (κ3) is 4.57. The molecule has 0 aliphatic rings. The number of halogens is 3. The lowest BCUT2D eigenvalue weighted by atomic mass is 9.96. The number of alkyl halides is 3. The van der Waals surface area contributed by atoms with Crippen LogP contribution in [0.15, 0.2) is 54.6 Å². The van der Waals surface area contributed by atoms with E-state index in [-0.39, 0.29) is 11.4 Å². The van der Waals surface area contributed by atoms with Crippen molar-refractivity contribution in [1.82, 2.24) is 4.98 Å². The maximum absolute atomic E-state index is 12.8. The molecule has 3 nitrogen and oxygen atoms in total. The predicted octanol–water partition coefficient (Wildman–Crippen LogP) is 6.09. The SMILES string of the molecule is CC(C)Cc1ccc(-c2cc(-c3ccc(C(F)(F)F)cc3)c(C#N)c(N)n2)cc1. The Labute approximate surface area is 167 Å². The average molecular weight is 395 g/mol. The van der Waals surface area contributed by atoms with Gasteiger partial charge in [0.05, 0.1) is 11.3 Å². The zero-order chi connectivity index (χ0) is 21.2. The Kier molecular flexibility index (Phi) is 5.60. The lowest BCUT2D eigenvalue weighted by Gasteiger charge is -2.12. The Morgan fingerprint density at radius 3 is 2.10 bits per heavy atom. The minimum atomic E-state index is -4.42. The van der Waals surface area contributed by atoms with Crippen LogP contribution in [0.4, 0.5) is 19.0 Å². The number of benzene rings is 2. The number of nitrogens with zero attached hydrogens (tertiary/aromatic N) is 2. The van der Waals surface area contributed by atoms with Crippen LogP contribution in [0.2, 0.25) is 0 Å². The number of rotatable bonds is 4. The molecule has 0 fully saturated rings. The van der Waals surface area contributed by atoms with Gasteiger partial charge in [0.2, 0.25) is 0 Å². The van der Waals surface area contributed by atoms with Gasteiger partial charge in [0.1, 0.15) is 17.5 Å². The molecule has 0 radical (unpaired) electrons. The molecule has 2 aromatic carbocycles. The Hall–Kier alpha value is -3.33. The van der Waals surface area contributed by atoms with Crippen LogP contribution in [-0.4, -0.2) is 4.98 Å². The third-order valence-corrected chi connectivity index (χ3v) is 4.58. The van der Waals surface area contributed by atoms with Crippen LogP contribution in [0.25, 0.3) is 22.4 Å². The van der Waals surface area contributed by atoms with Crippen molar-refractivity contribution < 1.29 is 13.2 Å². The first-order chi connectivity index (χ1) is 13.7. The molecule has 3 rings (SSSR count). The topological polar surface area (TPSA) is 62.7 Å². The summed E-state index contributed by atoms with van der Waals surface area (Å²) in [6, 6.07) is 16.3. The van der Waals surface area contributed by atoms with Crippen molar-refractivity contribution in [1.29, 1.82) is 5.26 Å². The fourth-order valence-electron chi connectivity index (χ4n) is 3.18. The van der Waals surface area contributed by atoms with Gasteiger partial charge in [-0.15, -0.1) is 0 Å². The van der Waals surface area contributed by atoms with Crippen molar-refractivity contribution in [2.45, 2.75) is 26.4 Å². The van der Waals surface area contributed by atoms with Crippen molar-refractivity contribution in [3.63, 3.8) is 0 Å². The minimum Gasteiger partial charge on any atom is -0.383 e. The molecular formula is C23H20F3N3. The Bertz CT molecular complexity index is 1040. The molecule has 0 aliphatic carbocycles. The minimum absolute atomic E-state index is 0.0474. The fourth-order valence-corrected chi connectivity index (χ4v) is 3.18. The summed E-state index contributed by atoms with van der Waals surface area (Å²) in [6.07, 6.45) is -3.46. The normalized spacial score (nSPS) is 11.5. The summed E-state index contributed by atoms with van der Waals surface area (Å²) in [5.41, 5.74) is 8.90. The van der Waals surface area contributed by atoms with Gasteiger partial charge in [-0.3, -0.25) is 0 Å². The molecule has 6 heteroatoms. The van der Waals surface area contributed by atoms with Gasteiger partial charge < -0.3 is 5.73 Å². The Morgan fingerprint density at radius 1 is 1.00 bits per heavy atom. The van der Waals surface area contributed by atoms with E-state index in [1.54, 1.807) is 6.07 Å². The monoisotopic (exact) mass is 395 g/mol. The van der Waals surface area contributed by atoms with Crippen LogP contribution < -0.4 is 5.73 Å². The van der Waals surface area contributed by atoms with Gasteiger partial charge in [-0.25, -0.2) is 4.98 Å². The van der Waals surface area contributed by atoms with Crippen molar-refractivity contribution in [2.24, 2.45) is 5.92 Å². The molecule has 148 valence electrons. The maximum atomic E-state index is 12.8. The number of nitriles is 1. The first-order valence-corrected chi connectivity index (χ1v) is 9.16. The number of hydrogen-bond donors (Lipinski definition) is 1. The fraction of sp³-hybridized carbons (Fsp3) is 0.217. The lowest BCUT2D eigenvalue weighted by Crippen LogP contribution is -2.04. The molecule has 0 saturated carbocycles. The molecule has 0 spiro atoms. The van der Waals surface area contributed by atoms with Gasteiger partial charge >= 0.3 is 6.18 Å². The summed E-state index contributed by atoms with van der Waals surface area (Å²) in [4.78, 5) is 4.32. The van der Waals surface area contributed by atoms with Crippen molar-refractivity contribution >= 4 is 5.82 Å². The van der Waals surface area contributed by atoms with E-state index in [1.165, 1.54) is 17.7 Å². The van der Waals surface area contributed by atoms with E-state index < -0.39 is 11.7 Å². The average Bonchev–Trinajstić information content (AvgIpc) is 2.67. The van der Waals surface area contributed by atoms with Crippen molar-refractivity contribution in [3.8, 4) is 28.5 Å². The smallest absolute Gasteiger partial charge is 0.383 e. The summed E-state index contributed by atoms with van der Waals surface area (Å²) >= 11 is 0. The van der Waals surface area contributed by atoms with Crippen molar-refractivity contribution in [3.05, 3.63) is 71.3 Å². The molecule has 1 heterocycles. The Balaban J connectivity index is 2.04. The van der Waals surface area contributed by atoms with Gasteiger partial charge in [0, 0.05) is 11.1 Å². The van der Waals surface area contributed by atoms with E-state index in [0.717, 1.165) is 24.1 Å². The molecule has 29 heavy (non-hydrogen) atoms. The molecule has 0 atom stereocenters. The molecule has 0 aliphatic heterocycles. The molecule has 0 amide bonds. The highest BCUT2D eigenvalue weighted by Gasteiger charge is 2.30. The van der Waals surface area contributed by atoms with Crippen molar-refractivity contribution in [2.75, 3.05) is 5.73 Å². The molecule has 0 unspecified atom stereocenters. The number of nitrogens with two attached hydrogens (primary N) is 1. The van der Waals surface area contributed by atoms with Gasteiger partial charge in [-0.1, -0.05) is 50.2 Å². The van der Waals surface area contributed by atoms with Gasteiger partial charge in [0.15, 0.2) is 0 Å². The number of pyridine rings is 1. The standard InChI is InChI=1S/C23H20F3N3/c1-14(2)11-15-3-5-17(6-4-15)21-12-19(20(13-27)22(28)29-21)16-7-9-18(10-8-16)23(24,25)26/h3-10,12,14H,11H2,1-2H3,(H2,28,29). The highest BCUT2D eigenvalue weighted by Crippen LogP contribution is 2.34. The van der Waals surface area contributed by atoms with Crippen LogP contribution in [-0.2, 0) is 12.6 Å². The van der Waals surface area contributed by atoms with E-state index >= 15 is 0 Å². The zero-order valence-corrected chi connectivity index (χ0v) is 16.1. The first kappa shape index (κ1) is 20.4. The van der Waals surface area contributed by atoms with Gasteiger partial charge in [-0.2, -0.15) is 18.4 Å². The summed E-state index contributed by atoms with van der Waals surface area (Å²) in [5.74, 6) is 0.585. The van der Waals surface area contributed by atoms with Gasteiger partial charge in [0.25, 0.3) is 0 Å². The summed E-state index contributed by atoms with van der Waals surface area (Å²) < 4.78 is 38.5. The molecule has 0 bridgehead atoms. The van der Waals surface area contributed by atoms with E-state index in [4.69, 9.17) is 5.73 Å². The number of hydrogen-bond acceptors (Lipinski definition) is 3. The third-order valence-electron chi connectivity index (χ3n) is 4.58. The Morgan fingerprint density at radius 2 is 1.59 bits per heavy atom. The van der Waals surface area contributed by atoms with Gasteiger partial charge in [-0.05, 0) is 41.7 Å². The van der Waals surface area contributed by atoms with E-state index in [1.807, 2.05) is 30.3 Å². The molecule has 0 saturated heterocycles. The highest BCUT2D eigenvalue weighted by molar-refractivity contribution is 5.80. The maximum Gasteiger partial charge on any atom is 0.416 e. The number of anilines is 1. The number of aromatic nitrogens is 1.